The Labute approximate surface area is 92.5 Å². The van der Waals surface area contributed by atoms with Crippen molar-refractivity contribution < 1.29 is 4.74 Å². The zero-order valence-corrected chi connectivity index (χ0v) is 9.88. The molecule has 0 unspecified atom stereocenters. The second-order valence-electron chi connectivity index (χ2n) is 3.82. The zero-order valence-electron chi connectivity index (χ0n) is 9.88. The van der Waals surface area contributed by atoms with Gasteiger partial charge in [0, 0.05) is 26.2 Å². The molecule has 4 nitrogen and oxygen atoms in total. The number of rotatable bonds is 5. The van der Waals surface area contributed by atoms with E-state index in [1.807, 2.05) is 14.0 Å². The van der Waals surface area contributed by atoms with E-state index >= 15 is 0 Å². The molecule has 2 N–H and O–H groups in total. The number of nitrogens with zero attached hydrogens (tertiary/aromatic N) is 1. The van der Waals surface area contributed by atoms with Gasteiger partial charge in [-0.25, -0.2) is 0 Å². The van der Waals surface area contributed by atoms with Gasteiger partial charge in [-0.15, -0.1) is 0 Å². The third-order valence-corrected chi connectivity index (χ3v) is 2.66. The summed E-state index contributed by atoms with van der Waals surface area (Å²) in [5.74, 6) is 0.904. The fraction of sp³-hybridized carbons (Fsp3) is 0.909. The van der Waals surface area contributed by atoms with Crippen LogP contribution in [0.3, 0.4) is 0 Å². The highest BCUT2D eigenvalue weighted by atomic mass is 16.5. The van der Waals surface area contributed by atoms with Crippen LogP contribution in [0.25, 0.3) is 0 Å². The number of guanidine groups is 1. The Kier molecular flexibility index (Phi) is 6.16. The fourth-order valence-corrected chi connectivity index (χ4v) is 1.84. The largest absolute Gasteiger partial charge is 0.380 e. The van der Waals surface area contributed by atoms with Crippen molar-refractivity contribution in [2.45, 2.75) is 38.6 Å². The molecule has 0 heterocycles. The molecule has 15 heavy (non-hydrogen) atoms. The van der Waals surface area contributed by atoms with Crippen molar-refractivity contribution in [3.05, 3.63) is 0 Å². The lowest BCUT2D eigenvalue weighted by Gasteiger charge is -2.16. The highest BCUT2D eigenvalue weighted by Crippen LogP contribution is 2.17. The molecule has 1 saturated carbocycles. The van der Waals surface area contributed by atoms with Gasteiger partial charge < -0.3 is 15.4 Å². The Bertz CT molecular complexity index is 188. The Hall–Kier alpha value is -0.770. The Morgan fingerprint density at radius 2 is 2.13 bits per heavy atom. The number of ether oxygens (including phenoxy) is 1. The van der Waals surface area contributed by atoms with Gasteiger partial charge in [0.05, 0.1) is 6.61 Å². The average molecular weight is 213 g/mol. The molecule has 0 aromatic rings. The SMILES string of the molecule is CCOCCNC(=NC)NC1CCCC1. The molecule has 0 saturated heterocycles. The van der Waals surface area contributed by atoms with Gasteiger partial charge >= 0.3 is 0 Å². The van der Waals surface area contributed by atoms with Crippen molar-refractivity contribution in [1.82, 2.24) is 10.6 Å². The monoisotopic (exact) mass is 213 g/mol. The maximum absolute atomic E-state index is 5.25. The van der Waals surface area contributed by atoms with Gasteiger partial charge in [0.25, 0.3) is 0 Å². The van der Waals surface area contributed by atoms with Crippen LogP contribution in [-0.2, 0) is 4.74 Å². The average Bonchev–Trinajstić information content (AvgIpc) is 2.75. The normalized spacial score (nSPS) is 18.1. The van der Waals surface area contributed by atoms with Crippen LogP contribution < -0.4 is 10.6 Å². The molecule has 0 radical (unpaired) electrons. The van der Waals surface area contributed by atoms with Gasteiger partial charge in [-0.1, -0.05) is 12.8 Å². The molecular formula is C11H23N3O. The first kappa shape index (κ1) is 12.3. The minimum Gasteiger partial charge on any atom is -0.380 e. The van der Waals surface area contributed by atoms with Gasteiger partial charge in [0.15, 0.2) is 5.96 Å². The van der Waals surface area contributed by atoms with Gasteiger partial charge in [0.1, 0.15) is 0 Å². The molecule has 1 aliphatic rings. The molecule has 88 valence electrons. The van der Waals surface area contributed by atoms with Crippen molar-refractivity contribution >= 4 is 5.96 Å². The second-order valence-corrected chi connectivity index (χ2v) is 3.82. The van der Waals surface area contributed by atoms with Gasteiger partial charge in [-0.05, 0) is 19.8 Å². The molecule has 4 heteroatoms. The zero-order chi connectivity index (χ0) is 10.9. The number of nitrogens with one attached hydrogen (secondary N) is 2. The van der Waals surface area contributed by atoms with Crippen LogP contribution >= 0.6 is 0 Å². The van der Waals surface area contributed by atoms with Crippen molar-refractivity contribution in [2.75, 3.05) is 26.8 Å². The van der Waals surface area contributed by atoms with E-state index < -0.39 is 0 Å². The molecular weight excluding hydrogens is 190 g/mol. The predicted octanol–water partition coefficient (Wildman–Crippen LogP) is 1.13. The fourth-order valence-electron chi connectivity index (χ4n) is 1.84. The van der Waals surface area contributed by atoms with E-state index in [1.54, 1.807) is 0 Å². The van der Waals surface area contributed by atoms with Gasteiger partial charge in [0.2, 0.25) is 0 Å². The van der Waals surface area contributed by atoms with Crippen LogP contribution in [0.1, 0.15) is 32.6 Å². The lowest BCUT2D eigenvalue weighted by atomic mass is 10.2. The van der Waals surface area contributed by atoms with Crippen LogP contribution in [0.5, 0.6) is 0 Å². The summed E-state index contributed by atoms with van der Waals surface area (Å²) in [6, 6.07) is 0.614. The van der Waals surface area contributed by atoms with E-state index in [2.05, 4.69) is 15.6 Å². The van der Waals surface area contributed by atoms with Crippen LogP contribution in [0.4, 0.5) is 0 Å². The quantitative estimate of drug-likeness (QED) is 0.409. The Morgan fingerprint density at radius 1 is 1.40 bits per heavy atom. The minimum absolute atomic E-state index is 0.614. The van der Waals surface area contributed by atoms with Crippen molar-refractivity contribution in [1.29, 1.82) is 0 Å². The van der Waals surface area contributed by atoms with Gasteiger partial charge in [-0.2, -0.15) is 0 Å². The van der Waals surface area contributed by atoms with Crippen molar-refractivity contribution in [3.63, 3.8) is 0 Å². The maximum Gasteiger partial charge on any atom is 0.191 e. The van der Waals surface area contributed by atoms with E-state index in [-0.39, 0.29) is 0 Å². The smallest absolute Gasteiger partial charge is 0.191 e. The minimum atomic E-state index is 0.614. The molecule has 0 aliphatic heterocycles. The van der Waals surface area contributed by atoms with E-state index in [1.165, 1.54) is 25.7 Å². The number of hydrogen-bond donors (Lipinski definition) is 2. The summed E-state index contributed by atoms with van der Waals surface area (Å²) in [7, 11) is 1.81. The second kappa shape index (κ2) is 7.51. The highest BCUT2D eigenvalue weighted by molar-refractivity contribution is 5.79. The summed E-state index contributed by atoms with van der Waals surface area (Å²) in [6.07, 6.45) is 5.22. The first-order valence-corrected chi connectivity index (χ1v) is 5.91. The Balaban J connectivity index is 2.12. The van der Waals surface area contributed by atoms with Gasteiger partial charge in [-0.3, -0.25) is 4.99 Å². The lowest BCUT2D eigenvalue weighted by molar-refractivity contribution is 0.152. The summed E-state index contributed by atoms with van der Waals surface area (Å²) in [5, 5.41) is 6.67. The van der Waals surface area contributed by atoms with Crippen LogP contribution in [0.15, 0.2) is 4.99 Å². The van der Waals surface area contributed by atoms with E-state index in [9.17, 15) is 0 Å². The first-order valence-electron chi connectivity index (χ1n) is 5.91. The summed E-state index contributed by atoms with van der Waals surface area (Å²) in [5.41, 5.74) is 0. The summed E-state index contributed by atoms with van der Waals surface area (Å²) in [6.45, 7) is 4.34. The van der Waals surface area contributed by atoms with Crippen LogP contribution in [-0.4, -0.2) is 38.8 Å². The highest BCUT2D eigenvalue weighted by Gasteiger charge is 2.15. The third-order valence-electron chi connectivity index (χ3n) is 2.66. The molecule has 0 atom stereocenters. The first-order chi connectivity index (χ1) is 7.36. The summed E-state index contributed by atoms with van der Waals surface area (Å²) in [4.78, 5) is 4.19. The van der Waals surface area contributed by atoms with Crippen LogP contribution in [0, 0.1) is 0 Å². The number of aliphatic imine (C=N–C) groups is 1. The molecule has 1 aliphatic carbocycles. The molecule has 0 bridgehead atoms. The van der Waals surface area contributed by atoms with Crippen molar-refractivity contribution in [3.8, 4) is 0 Å². The van der Waals surface area contributed by atoms with E-state index in [0.29, 0.717) is 6.04 Å². The van der Waals surface area contributed by atoms with Crippen LogP contribution in [0.2, 0.25) is 0 Å². The molecule has 0 amide bonds. The molecule has 1 fully saturated rings. The third kappa shape index (κ3) is 5.02. The van der Waals surface area contributed by atoms with E-state index in [0.717, 1.165) is 25.7 Å². The lowest BCUT2D eigenvalue weighted by Crippen LogP contribution is -2.43. The number of hydrogen-bond acceptors (Lipinski definition) is 2. The maximum atomic E-state index is 5.25. The topological polar surface area (TPSA) is 45.6 Å². The molecule has 1 rings (SSSR count). The summed E-state index contributed by atoms with van der Waals surface area (Å²) >= 11 is 0. The summed E-state index contributed by atoms with van der Waals surface area (Å²) < 4.78 is 5.25. The van der Waals surface area contributed by atoms with E-state index in [4.69, 9.17) is 4.74 Å². The predicted molar refractivity (Wildman–Crippen MR) is 63.2 cm³/mol. The standard InChI is InChI=1S/C11H23N3O/c1-3-15-9-8-13-11(12-2)14-10-6-4-5-7-10/h10H,3-9H2,1-2H3,(H2,12,13,14). The Morgan fingerprint density at radius 3 is 2.73 bits per heavy atom. The molecule has 0 spiro atoms. The van der Waals surface area contributed by atoms with Crippen molar-refractivity contribution in [2.24, 2.45) is 4.99 Å². The molecule has 0 aromatic carbocycles. The molecule has 0 aromatic heterocycles.